The molecule has 4 nitrogen and oxygen atoms in total. The van der Waals surface area contributed by atoms with Crippen molar-refractivity contribution in [2.24, 2.45) is 11.8 Å². The average molecular weight is 363 g/mol. The van der Waals surface area contributed by atoms with Gasteiger partial charge in [-0.1, -0.05) is 56.0 Å². The summed E-state index contributed by atoms with van der Waals surface area (Å²) in [5.74, 6) is 1.00. The van der Waals surface area contributed by atoms with Crippen molar-refractivity contribution in [2.45, 2.75) is 65.0 Å². The van der Waals surface area contributed by atoms with E-state index in [0.29, 0.717) is 11.8 Å². The molecule has 2 aliphatic rings. The maximum absolute atomic E-state index is 5.92. The van der Waals surface area contributed by atoms with Crippen LogP contribution in [0.1, 0.15) is 62.9 Å². The summed E-state index contributed by atoms with van der Waals surface area (Å²) in [6.45, 7) is 7.51. The van der Waals surface area contributed by atoms with Crippen LogP contribution < -0.4 is 0 Å². The number of rotatable bonds is 8. The number of aryl methyl sites for hydroxylation is 1. The lowest BCUT2D eigenvalue weighted by molar-refractivity contribution is -0.220. The standard InChI is InChI=1S/C22H34O4/c1-3-4-5-6-18-13-23-21(24-14-18)12-9-19-15-25-22(26-16-19)20-10-7-17(2)8-11-20/h7-8,10-11,18-19,21-22H,3-6,9,12-16H2,1-2H3. The fraction of sp³-hybridized carbons (Fsp3) is 0.727. The summed E-state index contributed by atoms with van der Waals surface area (Å²) in [7, 11) is 0. The summed E-state index contributed by atoms with van der Waals surface area (Å²) >= 11 is 0. The van der Waals surface area contributed by atoms with Crippen molar-refractivity contribution in [1.29, 1.82) is 0 Å². The lowest BCUT2D eigenvalue weighted by Gasteiger charge is -2.32. The van der Waals surface area contributed by atoms with Gasteiger partial charge in [-0.2, -0.15) is 0 Å². The first kappa shape index (κ1) is 19.8. The fourth-order valence-corrected chi connectivity index (χ4v) is 3.60. The third-order valence-corrected chi connectivity index (χ3v) is 5.38. The smallest absolute Gasteiger partial charge is 0.183 e. The van der Waals surface area contributed by atoms with Gasteiger partial charge in [0.25, 0.3) is 0 Å². The monoisotopic (exact) mass is 362 g/mol. The molecule has 2 heterocycles. The van der Waals surface area contributed by atoms with Gasteiger partial charge >= 0.3 is 0 Å². The van der Waals surface area contributed by atoms with E-state index in [0.717, 1.165) is 44.8 Å². The van der Waals surface area contributed by atoms with Crippen LogP contribution in [0.4, 0.5) is 0 Å². The molecule has 0 radical (unpaired) electrons. The second kappa shape index (κ2) is 10.4. The Morgan fingerprint density at radius 1 is 0.769 bits per heavy atom. The molecule has 0 unspecified atom stereocenters. The highest BCUT2D eigenvalue weighted by atomic mass is 16.7. The first-order chi connectivity index (χ1) is 12.7. The minimum Gasteiger partial charge on any atom is -0.352 e. The number of hydrogen-bond donors (Lipinski definition) is 0. The van der Waals surface area contributed by atoms with Gasteiger partial charge in [0.2, 0.25) is 0 Å². The lowest BCUT2D eigenvalue weighted by Crippen LogP contribution is -2.33. The second-order valence-corrected chi connectivity index (χ2v) is 7.81. The Morgan fingerprint density at radius 2 is 1.38 bits per heavy atom. The van der Waals surface area contributed by atoms with Crippen LogP contribution in [0.25, 0.3) is 0 Å². The summed E-state index contributed by atoms with van der Waals surface area (Å²) < 4.78 is 23.7. The van der Waals surface area contributed by atoms with Gasteiger partial charge in [-0.15, -0.1) is 0 Å². The van der Waals surface area contributed by atoms with E-state index < -0.39 is 0 Å². The lowest BCUT2D eigenvalue weighted by atomic mass is 10.0. The molecule has 0 aromatic heterocycles. The first-order valence-corrected chi connectivity index (χ1v) is 10.3. The van der Waals surface area contributed by atoms with Crippen molar-refractivity contribution >= 4 is 0 Å². The van der Waals surface area contributed by atoms with Gasteiger partial charge in [0.05, 0.1) is 26.4 Å². The Bertz CT molecular complexity index is 499. The molecule has 1 aromatic carbocycles. The van der Waals surface area contributed by atoms with E-state index in [1.165, 1.54) is 31.2 Å². The van der Waals surface area contributed by atoms with E-state index in [-0.39, 0.29) is 12.6 Å². The van der Waals surface area contributed by atoms with Crippen LogP contribution in [0.5, 0.6) is 0 Å². The number of hydrogen-bond acceptors (Lipinski definition) is 4. The summed E-state index contributed by atoms with van der Waals surface area (Å²) in [5.41, 5.74) is 2.35. The summed E-state index contributed by atoms with van der Waals surface area (Å²) in [5, 5.41) is 0. The zero-order valence-corrected chi connectivity index (χ0v) is 16.3. The van der Waals surface area contributed by atoms with E-state index in [4.69, 9.17) is 18.9 Å². The highest BCUT2D eigenvalue weighted by molar-refractivity contribution is 5.22. The summed E-state index contributed by atoms with van der Waals surface area (Å²) in [6.07, 6.45) is 6.77. The first-order valence-electron chi connectivity index (χ1n) is 10.3. The molecule has 0 amide bonds. The van der Waals surface area contributed by atoms with Crippen molar-refractivity contribution in [3.8, 4) is 0 Å². The number of ether oxygens (including phenoxy) is 4. The highest BCUT2D eigenvalue weighted by Gasteiger charge is 2.26. The Kier molecular flexibility index (Phi) is 7.93. The van der Waals surface area contributed by atoms with E-state index in [9.17, 15) is 0 Å². The number of unbranched alkanes of at least 4 members (excludes halogenated alkanes) is 2. The highest BCUT2D eigenvalue weighted by Crippen LogP contribution is 2.28. The van der Waals surface area contributed by atoms with Crippen LogP contribution in [0.15, 0.2) is 24.3 Å². The molecule has 4 heteroatoms. The van der Waals surface area contributed by atoms with E-state index in [1.54, 1.807) is 0 Å². The zero-order chi connectivity index (χ0) is 18.2. The molecule has 0 spiro atoms. The molecular formula is C22H34O4. The Balaban J connectivity index is 1.30. The van der Waals surface area contributed by atoms with Gasteiger partial charge in [-0.3, -0.25) is 0 Å². The zero-order valence-electron chi connectivity index (χ0n) is 16.3. The summed E-state index contributed by atoms with van der Waals surface area (Å²) in [4.78, 5) is 0. The largest absolute Gasteiger partial charge is 0.352 e. The molecule has 2 fully saturated rings. The Morgan fingerprint density at radius 3 is 2.04 bits per heavy atom. The Hall–Kier alpha value is -0.940. The maximum atomic E-state index is 5.92. The van der Waals surface area contributed by atoms with Crippen molar-refractivity contribution in [3.05, 3.63) is 35.4 Å². The molecule has 3 rings (SSSR count). The van der Waals surface area contributed by atoms with Crippen LogP contribution in [0.3, 0.4) is 0 Å². The molecule has 146 valence electrons. The van der Waals surface area contributed by atoms with Gasteiger partial charge in [-0.05, 0) is 26.2 Å². The van der Waals surface area contributed by atoms with Crippen LogP contribution >= 0.6 is 0 Å². The van der Waals surface area contributed by atoms with Crippen molar-refractivity contribution < 1.29 is 18.9 Å². The van der Waals surface area contributed by atoms with Crippen LogP contribution in [0, 0.1) is 18.8 Å². The van der Waals surface area contributed by atoms with Crippen LogP contribution in [-0.2, 0) is 18.9 Å². The average Bonchev–Trinajstić information content (AvgIpc) is 2.69. The molecule has 26 heavy (non-hydrogen) atoms. The Labute approximate surface area is 158 Å². The predicted molar refractivity (Wildman–Crippen MR) is 102 cm³/mol. The quantitative estimate of drug-likeness (QED) is 0.609. The van der Waals surface area contributed by atoms with Crippen molar-refractivity contribution in [1.82, 2.24) is 0 Å². The molecule has 1 aromatic rings. The van der Waals surface area contributed by atoms with Crippen molar-refractivity contribution in [3.63, 3.8) is 0 Å². The maximum Gasteiger partial charge on any atom is 0.183 e. The molecule has 0 bridgehead atoms. The normalized spacial score (nSPS) is 29.6. The minimum absolute atomic E-state index is 0.0488. The van der Waals surface area contributed by atoms with E-state index in [1.807, 2.05) is 0 Å². The molecule has 0 atom stereocenters. The van der Waals surface area contributed by atoms with Gasteiger partial charge in [0.15, 0.2) is 12.6 Å². The third-order valence-electron chi connectivity index (χ3n) is 5.38. The van der Waals surface area contributed by atoms with Gasteiger partial charge < -0.3 is 18.9 Å². The van der Waals surface area contributed by atoms with E-state index >= 15 is 0 Å². The van der Waals surface area contributed by atoms with Crippen molar-refractivity contribution in [2.75, 3.05) is 26.4 Å². The molecule has 2 saturated heterocycles. The molecule has 0 aliphatic carbocycles. The molecule has 2 aliphatic heterocycles. The molecule has 0 saturated carbocycles. The third kappa shape index (κ3) is 6.05. The number of benzene rings is 1. The summed E-state index contributed by atoms with van der Waals surface area (Å²) in [6, 6.07) is 8.37. The van der Waals surface area contributed by atoms with Gasteiger partial charge in [-0.25, -0.2) is 0 Å². The van der Waals surface area contributed by atoms with E-state index in [2.05, 4.69) is 38.1 Å². The minimum atomic E-state index is -0.224. The van der Waals surface area contributed by atoms with Crippen LogP contribution in [0.2, 0.25) is 0 Å². The van der Waals surface area contributed by atoms with Crippen LogP contribution in [-0.4, -0.2) is 32.7 Å². The molecular weight excluding hydrogens is 328 g/mol. The molecule has 0 N–H and O–H groups in total. The van der Waals surface area contributed by atoms with Gasteiger partial charge in [0.1, 0.15) is 0 Å². The predicted octanol–water partition coefficient (Wildman–Crippen LogP) is 5.01. The van der Waals surface area contributed by atoms with Gasteiger partial charge in [0, 0.05) is 17.4 Å². The second-order valence-electron chi connectivity index (χ2n) is 7.81. The fourth-order valence-electron chi connectivity index (χ4n) is 3.60. The SMILES string of the molecule is CCCCCC1COC(CCC2COC(c3ccc(C)cc3)OC2)OC1. The topological polar surface area (TPSA) is 36.9 Å².